The van der Waals surface area contributed by atoms with Gasteiger partial charge in [0.1, 0.15) is 23.1 Å². The molecule has 152 valence electrons. The van der Waals surface area contributed by atoms with Gasteiger partial charge >= 0.3 is 0 Å². The van der Waals surface area contributed by atoms with Gasteiger partial charge < -0.3 is 14.8 Å². The van der Waals surface area contributed by atoms with Gasteiger partial charge in [0.2, 0.25) is 0 Å². The van der Waals surface area contributed by atoms with Crippen molar-refractivity contribution in [2.75, 3.05) is 25.6 Å². The summed E-state index contributed by atoms with van der Waals surface area (Å²) in [5, 5.41) is 3.51. The van der Waals surface area contributed by atoms with Crippen LogP contribution in [0.15, 0.2) is 42.5 Å². The number of benzene rings is 2. The quantitative estimate of drug-likeness (QED) is 0.383. The number of nitrogens with zero attached hydrogens (tertiary/aromatic N) is 2. The molecule has 2 heterocycles. The van der Waals surface area contributed by atoms with E-state index in [2.05, 4.69) is 9.72 Å². The van der Waals surface area contributed by atoms with Crippen molar-refractivity contribution in [3.8, 4) is 17.0 Å². The number of methoxy groups -OCH3 is 1. The lowest BCUT2D eigenvalue weighted by atomic mass is 10.1. The Morgan fingerprint density at radius 3 is 2.83 bits per heavy atom. The van der Waals surface area contributed by atoms with Gasteiger partial charge in [0.25, 0.3) is 0 Å². The molecule has 0 bridgehead atoms. The molecule has 0 fully saturated rings. The highest BCUT2D eigenvalue weighted by atomic mass is 32.1. The average Bonchev–Trinajstić information content (AvgIpc) is 3.23. The first-order valence-corrected chi connectivity index (χ1v) is 10.5. The summed E-state index contributed by atoms with van der Waals surface area (Å²) in [5.74, 6) is 1.41. The van der Waals surface area contributed by atoms with Crippen molar-refractivity contribution in [1.29, 1.82) is 0 Å². The molecule has 0 amide bonds. The molecule has 0 aliphatic carbocycles. The largest absolute Gasteiger partial charge is 0.497 e. The van der Waals surface area contributed by atoms with Crippen molar-refractivity contribution >= 4 is 32.3 Å². The lowest BCUT2D eigenvalue weighted by Gasteiger charge is -2.11. The Bertz CT molecular complexity index is 1140. The summed E-state index contributed by atoms with van der Waals surface area (Å²) >= 11 is 1.59. The number of rotatable bonds is 8. The molecule has 1 N–H and O–H groups in total. The average molecular weight is 414 g/mol. The molecule has 0 spiro atoms. The van der Waals surface area contributed by atoms with Gasteiger partial charge in [-0.05, 0) is 50.6 Å². The van der Waals surface area contributed by atoms with E-state index in [0.717, 1.165) is 51.0 Å². The molecule has 5 nitrogen and oxygen atoms in total. The van der Waals surface area contributed by atoms with Crippen LogP contribution in [-0.2, 0) is 4.74 Å². The maximum Gasteiger partial charge on any atom is 0.197 e. The highest BCUT2D eigenvalue weighted by molar-refractivity contribution is 7.23. The van der Waals surface area contributed by atoms with Gasteiger partial charge in [0.05, 0.1) is 23.4 Å². The Morgan fingerprint density at radius 2 is 2.07 bits per heavy atom. The number of nitrogens with one attached hydrogen (secondary N) is 1. The summed E-state index contributed by atoms with van der Waals surface area (Å²) in [6.45, 7) is 5.48. The van der Waals surface area contributed by atoms with Crippen molar-refractivity contribution in [2.24, 2.45) is 0 Å². The molecule has 4 rings (SSSR count). The summed E-state index contributed by atoms with van der Waals surface area (Å²) < 4.78 is 28.0. The molecule has 2 aromatic carbocycles. The SMILES string of the molecule is COc1ccc2c(c1)sc1nc(-c3cccc(F)c3)c(NCCCOC(C)C)n12. The zero-order valence-electron chi connectivity index (χ0n) is 16.7. The lowest BCUT2D eigenvalue weighted by molar-refractivity contribution is 0.0787. The summed E-state index contributed by atoms with van der Waals surface area (Å²) in [4.78, 5) is 5.68. The van der Waals surface area contributed by atoms with Crippen LogP contribution in [-0.4, -0.2) is 35.8 Å². The number of hydrogen-bond donors (Lipinski definition) is 1. The Morgan fingerprint density at radius 1 is 1.21 bits per heavy atom. The third-order valence-corrected chi connectivity index (χ3v) is 5.62. The van der Waals surface area contributed by atoms with Crippen molar-refractivity contribution < 1.29 is 13.9 Å². The molecular formula is C22H24FN3O2S. The minimum Gasteiger partial charge on any atom is -0.497 e. The minimum absolute atomic E-state index is 0.218. The standard InChI is InChI=1S/C22H24FN3O2S/c1-14(2)28-11-5-10-24-21-20(15-6-4-7-16(23)12-15)25-22-26(21)18-9-8-17(27-3)13-19(18)29-22/h4,6-9,12-14,24H,5,10-11H2,1-3H3. The predicted octanol–water partition coefficient (Wildman–Crippen LogP) is 5.59. The van der Waals surface area contributed by atoms with Crippen LogP contribution in [0.4, 0.5) is 10.2 Å². The number of aromatic nitrogens is 2. The second-order valence-electron chi connectivity index (χ2n) is 7.07. The van der Waals surface area contributed by atoms with E-state index >= 15 is 0 Å². The number of hydrogen-bond acceptors (Lipinski definition) is 5. The fourth-order valence-electron chi connectivity index (χ4n) is 3.28. The normalized spacial score (nSPS) is 11.6. The highest BCUT2D eigenvalue weighted by Crippen LogP contribution is 2.37. The molecule has 2 aromatic heterocycles. The van der Waals surface area contributed by atoms with Crippen molar-refractivity contribution in [3.63, 3.8) is 0 Å². The van der Waals surface area contributed by atoms with Gasteiger partial charge in [0.15, 0.2) is 4.96 Å². The molecule has 0 atom stereocenters. The Labute approximate surface area is 173 Å². The van der Waals surface area contributed by atoms with Gasteiger partial charge in [0, 0.05) is 18.7 Å². The highest BCUT2D eigenvalue weighted by Gasteiger charge is 2.19. The monoisotopic (exact) mass is 413 g/mol. The maximum atomic E-state index is 13.8. The molecule has 0 saturated heterocycles. The van der Waals surface area contributed by atoms with E-state index in [1.54, 1.807) is 24.5 Å². The molecule has 0 aliphatic heterocycles. The molecule has 0 saturated carbocycles. The zero-order chi connectivity index (χ0) is 20.4. The van der Waals surface area contributed by atoms with E-state index in [1.807, 2.05) is 38.1 Å². The van der Waals surface area contributed by atoms with Crippen molar-refractivity contribution in [1.82, 2.24) is 9.38 Å². The number of ether oxygens (including phenoxy) is 2. The first kappa shape index (κ1) is 19.7. The smallest absolute Gasteiger partial charge is 0.197 e. The van der Waals surface area contributed by atoms with Crippen LogP contribution < -0.4 is 10.1 Å². The van der Waals surface area contributed by atoms with Crippen molar-refractivity contribution in [3.05, 3.63) is 48.3 Å². The van der Waals surface area contributed by atoms with Crippen LogP contribution >= 0.6 is 11.3 Å². The van der Waals surface area contributed by atoms with Crippen LogP contribution in [0.2, 0.25) is 0 Å². The Balaban J connectivity index is 1.75. The van der Waals surface area contributed by atoms with Crippen LogP contribution in [0, 0.1) is 5.82 Å². The number of fused-ring (bicyclic) bond motifs is 3. The number of thiazole rings is 1. The van der Waals surface area contributed by atoms with Crippen LogP contribution in [0.5, 0.6) is 5.75 Å². The molecule has 7 heteroatoms. The van der Waals surface area contributed by atoms with E-state index in [9.17, 15) is 4.39 Å². The third kappa shape index (κ3) is 4.06. The summed E-state index contributed by atoms with van der Waals surface area (Å²) in [7, 11) is 1.66. The molecule has 0 radical (unpaired) electrons. The topological polar surface area (TPSA) is 47.8 Å². The number of halogens is 1. The van der Waals surface area contributed by atoms with E-state index in [-0.39, 0.29) is 11.9 Å². The second kappa shape index (κ2) is 8.39. The van der Waals surface area contributed by atoms with Gasteiger partial charge in [-0.1, -0.05) is 23.5 Å². The van der Waals surface area contributed by atoms with Gasteiger partial charge in [-0.15, -0.1) is 0 Å². The fourth-order valence-corrected chi connectivity index (χ4v) is 4.33. The Hall–Kier alpha value is -2.64. The Kier molecular flexibility index (Phi) is 5.69. The van der Waals surface area contributed by atoms with Gasteiger partial charge in [-0.3, -0.25) is 4.40 Å². The van der Waals surface area contributed by atoms with Crippen LogP contribution in [0.25, 0.3) is 26.4 Å². The summed E-state index contributed by atoms with van der Waals surface area (Å²) in [6, 6.07) is 12.5. The van der Waals surface area contributed by atoms with Crippen LogP contribution in [0.1, 0.15) is 20.3 Å². The first-order valence-electron chi connectivity index (χ1n) is 9.67. The number of imidazole rings is 1. The molecule has 0 aliphatic rings. The van der Waals surface area contributed by atoms with E-state index in [1.165, 1.54) is 12.1 Å². The van der Waals surface area contributed by atoms with E-state index < -0.39 is 0 Å². The van der Waals surface area contributed by atoms with E-state index in [0.29, 0.717) is 6.61 Å². The molecular weight excluding hydrogens is 389 g/mol. The maximum absolute atomic E-state index is 13.8. The van der Waals surface area contributed by atoms with Crippen molar-refractivity contribution in [2.45, 2.75) is 26.4 Å². The molecule has 0 unspecified atom stereocenters. The zero-order valence-corrected chi connectivity index (χ0v) is 17.6. The second-order valence-corrected chi connectivity index (χ2v) is 8.08. The summed E-state index contributed by atoms with van der Waals surface area (Å²) in [5.41, 5.74) is 2.55. The molecule has 29 heavy (non-hydrogen) atoms. The van der Waals surface area contributed by atoms with Crippen LogP contribution in [0.3, 0.4) is 0 Å². The van der Waals surface area contributed by atoms with Gasteiger partial charge in [-0.25, -0.2) is 9.37 Å². The predicted molar refractivity (Wildman–Crippen MR) is 117 cm³/mol. The van der Waals surface area contributed by atoms with Gasteiger partial charge in [-0.2, -0.15) is 0 Å². The third-order valence-electron chi connectivity index (χ3n) is 4.62. The van der Waals surface area contributed by atoms with E-state index in [4.69, 9.17) is 14.5 Å². The summed E-state index contributed by atoms with van der Waals surface area (Å²) in [6.07, 6.45) is 1.08. The fraction of sp³-hybridized carbons (Fsp3) is 0.318. The lowest BCUT2D eigenvalue weighted by Crippen LogP contribution is -2.10. The molecule has 4 aromatic rings. The number of anilines is 1. The first-order chi connectivity index (χ1) is 14.1. The minimum atomic E-state index is -0.273.